The van der Waals surface area contributed by atoms with Crippen LogP contribution in [-0.2, 0) is 9.47 Å². The Morgan fingerprint density at radius 2 is 1.16 bits per heavy atom. The number of hydrogen-bond acceptors (Lipinski definition) is 5. The molecule has 4 fully saturated rings. The van der Waals surface area contributed by atoms with E-state index >= 15 is 0 Å². The van der Waals surface area contributed by atoms with Gasteiger partial charge in [0.2, 0.25) is 0 Å². The third-order valence-electron chi connectivity index (χ3n) is 11.0. The fourth-order valence-corrected chi connectivity index (χ4v) is 10.2. The molecule has 3 N–H and O–H groups in total. The summed E-state index contributed by atoms with van der Waals surface area (Å²) in [6.45, 7) is 22.2. The van der Waals surface area contributed by atoms with Gasteiger partial charge in [0.05, 0.1) is 17.3 Å². The van der Waals surface area contributed by atoms with Crippen LogP contribution in [0.4, 0.5) is 0 Å². The first kappa shape index (κ1) is 39.6. The average molecular weight is 643 g/mol. The molecule has 0 aromatic rings. The SMILES string of the molecule is C.C.C=CC[C@@H]1C[C@]2(O)CC(O)O[C@@]23CC=CC[C@H]13.C=CC[C@H]1C[C@@]2(O)C[C@@H](CC=C)[C@H]3CC=CC[C@@]32O1.C=CC[Si](C)(C)C. The van der Waals surface area contributed by atoms with E-state index < -0.39 is 31.2 Å². The zero-order valence-electron chi connectivity index (χ0n) is 27.1. The van der Waals surface area contributed by atoms with Crippen molar-refractivity contribution >= 4 is 8.07 Å². The molecule has 2 saturated heterocycles. The molecular formula is C39H66O5Si. The van der Waals surface area contributed by atoms with E-state index in [4.69, 9.17) is 9.47 Å². The van der Waals surface area contributed by atoms with E-state index in [0.717, 1.165) is 64.2 Å². The molecule has 10 atom stereocenters. The van der Waals surface area contributed by atoms with Gasteiger partial charge in [0, 0.05) is 20.9 Å². The molecule has 6 rings (SSSR count). The summed E-state index contributed by atoms with van der Waals surface area (Å²) in [7, 11) is -0.775. The lowest BCUT2D eigenvalue weighted by Crippen LogP contribution is -2.51. The Kier molecular flexibility index (Phi) is 13.7. The van der Waals surface area contributed by atoms with Crippen LogP contribution in [0.1, 0.15) is 85.5 Å². The Morgan fingerprint density at radius 1 is 0.689 bits per heavy atom. The maximum atomic E-state index is 11.2. The van der Waals surface area contributed by atoms with Gasteiger partial charge in [0.1, 0.15) is 11.2 Å². The topological polar surface area (TPSA) is 79.2 Å². The maximum absolute atomic E-state index is 11.2. The van der Waals surface area contributed by atoms with E-state index in [1.165, 1.54) is 6.04 Å². The molecule has 1 unspecified atom stereocenters. The Labute approximate surface area is 276 Å². The standard InChI is InChI=1S/C17H24O2.C14H20O3.C6H14Si.2CH4/c1-3-7-13-11-16(18)12-14(8-4-2)19-17(16)10-6-5-9-15(13)17;1-2-5-10-8-13(16)9-12(15)17-14(13)7-4-3-6-11(10)14;1-5-6-7(2,3)4;;/h3-6,13-15,18H,1-2,7-12H2;2-4,10-12,15-16H,1,5-9H2;5H,1,6H2,2-4H3;2*1H4/t13-,14+,15-,16+,17-;10-,11-,12?,13+,14-;;;/m11.../s1. The number of ether oxygens (including phenoxy) is 2. The first-order valence-electron chi connectivity index (χ1n) is 16.5. The van der Waals surface area contributed by atoms with Crippen molar-refractivity contribution in [2.75, 3.05) is 0 Å². The first-order chi connectivity index (χ1) is 20.3. The van der Waals surface area contributed by atoms with Crippen LogP contribution >= 0.6 is 0 Å². The van der Waals surface area contributed by atoms with E-state index in [1.807, 2.05) is 24.3 Å². The summed E-state index contributed by atoms with van der Waals surface area (Å²) in [5.74, 6) is 1.69. The zero-order valence-corrected chi connectivity index (χ0v) is 28.1. The molecular weight excluding hydrogens is 577 g/mol. The lowest BCUT2D eigenvalue weighted by atomic mass is 9.73. The lowest BCUT2D eigenvalue weighted by molar-refractivity contribution is -0.181. The molecule has 0 aromatic heterocycles. The van der Waals surface area contributed by atoms with Gasteiger partial charge < -0.3 is 24.8 Å². The quantitative estimate of drug-likeness (QED) is 0.182. The van der Waals surface area contributed by atoms with Gasteiger partial charge in [-0.3, -0.25) is 0 Å². The summed E-state index contributed by atoms with van der Waals surface area (Å²) in [5, 5.41) is 31.7. The summed E-state index contributed by atoms with van der Waals surface area (Å²) in [5.41, 5.74) is -2.39. The smallest absolute Gasteiger partial charge is 0.158 e. The maximum Gasteiger partial charge on any atom is 0.158 e. The fraction of sp³-hybridized carbons (Fsp3) is 0.692. The highest BCUT2D eigenvalue weighted by Crippen LogP contribution is 2.62. The Balaban J connectivity index is 0.000000252. The molecule has 0 aromatic carbocycles. The highest BCUT2D eigenvalue weighted by Gasteiger charge is 2.69. The minimum absolute atomic E-state index is 0. The van der Waals surface area contributed by atoms with Crippen molar-refractivity contribution in [3.8, 4) is 0 Å². The molecule has 0 bridgehead atoms. The predicted octanol–water partition coefficient (Wildman–Crippen LogP) is 8.92. The van der Waals surface area contributed by atoms with Gasteiger partial charge in [0.15, 0.2) is 6.29 Å². The molecule has 5 nitrogen and oxygen atoms in total. The second kappa shape index (κ2) is 15.6. The number of aliphatic hydroxyl groups excluding tert-OH is 1. The van der Waals surface area contributed by atoms with Gasteiger partial charge in [-0.2, -0.15) is 0 Å². The molecule has 256 valence electrons. The molecule has 4 aliphatic carbocycles. The van der Waals surface area contributed by atoms with Crippen LogP contribution in [0, 0.1) is 23.7 Å². The van der Waals surface area contributed by atoms with Crippen LogP contribution in [0.25, 0.3) is 0 Å². The summed E-state index contributed by atoms with van der Waals surface area (Å²) >= 11 is 0. The van der Waals surface area contributed by atoms with Crippen molar-refractivity contribution in [2.45, 2.75) is 146 Å². The number of allylic oxidation sites excluding steroid dienone is 5. The average Bonchev–Trinajstić information content (AvgIpc) is 3.49. The minimum Gasteiger partial charge on any atom is -0.387 e. The zero-order chi connectivity index (χ0) is 31.5. The van der Waals surface area contributed by atoms with Crippen molar-refractivity contribution in [3.05, 3.63) is 74.9 Å². The van der Waals surface area contributed by atoms with Gasteiger partial charge >= 0.3 is 0 Å². The molecule has 2 aliphatic heterocycles. The van der Waals surface area contributed by atoms with Gasteiger partial charge in [-0.1, -0.05) is 83.1 Å². The summed E-state index contributed by atoms with van der Waals surface area (Å²) in [4.78, 5) is 0. The molecule has 6 heteroatoms. The summed E-state index contributed by atoms with van der Waals surface area (Å²) < 4.78 is 12.2. The van der Waals surface area contributed by atoms with E-state index in [0.29, 0.717) is 30.1 Å². The monoisotopic (exact) mass is 642 g/mol. The second-order valence-electron chi connectivity index (χ2n) is 15.2. The summed E-state index contributed by atoms with van der Waals surface area (Å²) in [6, 6.07) is 1.24. The molecule has 45 heavy (non-hydrogen) atoms. The van der Waals surface area contributed by atoms with Crippen LogP contribution in [0.5, 0.6) is 0 Å². The van der Waals surface area contributed by atoms with Crippen molar-refractivity contribution in [1.29, 1.82) is 0 Å². The molecule has 2 spiro atoms. The summed E-state index contributed by atoms with van der Waals surface area (Å²) in [6.07, 6.45) is 24.9. The highest BCUT2D eigenvalue weighted by atomic mass is 28.3. The first-order valence-corrected chi connectivity index (χ1v) is 20.3. The van der Waals surface area contributed by atoms with Crippen molar-refractivity contribution in [3.63, 3.8) is 0 Å². The van der Waals surface area contributed by atoms with Crippen LogP contribution in [-0.4, -0.2) is 58.2 Å². The van der Waals surface area contributed by atoms with Crippen molar-refractivity contribution in [2.24, 2.45) is 23.7 Å². The van der Waals surface area contributed by atoms with Gasteiger partial charge in [0.25, 0.3) is 0 Å². The normalized spacial score (nSPS) is 41.6. The Bertz CT molecular complexity index is 1080. The van der Waals surface area contributed by atoms with Crippen LogP contribution < -0.4 is 0 Å². The second-order valence-corrected chi connectivity index (χ2v) is 20.7. The van der Waals surface area contributed by atoms with Crippen LogP contribution in [0.3, 0.4) is 0 Å². The molecule has 0 amide bonds. The van der Waals surface area contributed by atoms with Crippen molar-refractivity contribution in [1.82, 2.24) is 0 Å². The highest BCUT2D eigenvalue weighted by molar-refractivity contribution is 6.76. The molecule has 2 heterocycles. The van der Waals surface area contributed by atoms with Crippen molar-refractivity contribution < 1.29 is 24.8 Å². The van der Waals surface area contributed by atoms with Gasteiger partial charge in [-0.15, -0.1) is 26.3 Å². The predicted molar refractivity (Wildman–Crippen MR) is 193 cm³/mol. The Hall–Kier alpha value is -1.54. The van der Waals surface area contributed by atoms with E-state index in [9.17, 15) is 15.3 Å². The fourth-order valence-electron chi connectivity index (χ4n) is 9.37. The van der Waals surface area contributed by atoms with E-state index in [2.05, 4.69) is 70.3 Å². The van der Waals surface area contributed by atoms with E-state index in [-0.39, 0.29) is 26.6 Å². The van der Waals surface area contributed by atoms with Crippen LogP contribution in [0.2, 0.25) is 25.7 Å². The van der Waals surface area contributed by atoms with E-state index in [1.54, 1.807) is 0 Å². The molecule has 6 aliphatic rings. The number of hydrogen-bond donors (Lipinski definition) is 3. The third kappa shape index (κ3) is 7.63. The van der Waals surface area contributed by atoms with Gasteiger partial charge in [-0.25, -0.2) is 0 Å². The third-order valence-corrected chi connectivity index (χ3v) is 12.5. The number of rotatable bonds is 8. The number of aliphatic hydroxyl groups is 3. The molecule has 2 saturated carbocycles. The van der Waals surface area contributed by atoms with Gasteiger partial charge in [-0.05, 0) is 87.5 Å². The van der Waals surface area contributed by atoms with Crippen LogP contribution in [0.15, 0.2) is 74.9 Å². The lowest BCUT2D eigenvalue weighted by Gasteiger charge is -2.41. The largest absolute Gasteiger partial charge is 0.387 e. The molecule has 0 radical (unpaired) electrons. The Morgan fingerprint density at radius 3 is 1.58 bits per heavy atom. The minimum atomic E-state index is -0.852.